The van der Waals surface area contributed by atoms with Crippen LogP contribution in [0, 0.1) is 11.6 Å². The minimum Gasteiger partial charge on any atom is -0.293 e. The van der Waals surface area contributed by atoms with Crippen molar-refractivity contribution in [2.24, 2.45) is 0 Å². The van der Waals surface area contributed by atoms with Crippen LogP contribution in [0.4, 0.5) is 8.78 Å². The number of carbonyl (C=O) groups is 1. The number of benzene rings is 2. The number of halogens is 3. The largest absolute Gasteiger partial charge is 0.293 e. The molecule has 0 amide bonds. The minimum absolute atomic E-state index is 0.105. The maximum atomic E-state index is 13.2. The van der Waals surface area contributed by atoms with Gasteiger partial charge in [-0.05, 0) is 47.3 Å². The van der Waals surface area contributed by atoms with Crippen molar-refractivity contribution in [1.82, 2.24) is 0 Å². The molecule has 1 aromatic heterocycles. The number of carbonyl (C=O) groups excluding carboxylic acids is 1. The van der Waals surface area contributed by atoms with Gasteiger partial charge in [0, 0.05) is 15.6 Å². The van der Waals surface area contributed by atoms with Gasteiger partial charge >= 0.3 is 0 Å². The van der Waals surface area contributed by atoms with Gasteiger partial charge in [0.25, 0.3) is 0 Å². The lowest BCUT2D eigenvalue weighted by molar-refractivity contribution is 0.0996. The monoisotopic (exact) mass is 366 g/mol. The van der Waals surface area contributed by atoms with Crippen molar-refractivity contribution in [3.05, 3.63) is 69.0 Å². The van der Waals surface area contributed by atoms with Gasteiger partial charge in [0.1, 0.15) is 11.6 Å². The number of hydrogen-bond donors (Lipinski definition) is 0. The lowest BCUT2D eigenvalue weighted by atomic mass is 10.1. The summed E-state index contributed by atoms with van der Waals surface area (Å²) < 4.78 is 27.8. The quantitative estimate of drug-likeness (QED) is 0.569. The highest BCUT2D eigenvalue weighted by Gasteiger charge is 2.13. The van der Waals surface area contributed by atoms with E-state index in [-0.39, 0.29) is 23.8 Å². The number of thiophene rings is 1. The average Bonchev–Trinajstić information content (AvgIpc) is 2.86. The molecule has 0 aliphatic rings. The summed E-state index contributed by atoms with van der Waals surface area (Å²) in [6.45, 7) is 0. The molecular weight excluding hydrogens is 358 g/mol. The molecule has 0 saturated carbocycles. The molecule has 1 heterocycles. The van der Waals surface area contributed by atoms with Gasteiger partial charge in [0.15, 0.2) is 5.78 Å². The van der Waals surface area contributed by atoms with E-state index in [1.807, 2.05) is 0 Å². The minimum atomic E-state index is -0.376. The van der Waals surface area contributed by atoms with E-state index in [1.165, 1.54) is 35.6 Å². The van der Waals surface area contributed by atoms with Gasteiger partial charge in [-0.3, -0.25) is 4.79 Å². The first-order valence-electron chi connectivity index (χ1n) is 6.19. The molecule has 0 spiro atoms. The lowest BCUT2D eigenvalue weighted by Crippen LogP contribution is -2.02. The molecule has 0 atom stereocenters. The van der Waals surface area contributed by atoms with Crippen LogP contribution < -0.4 is 0 Å². The fraction of sp³-hybridized carbons (Fsp3) is 0.0625. The van der Waals surface area contributed by atoms with Crippen LogP contribution in [0.15, 0.2) is 46.9 Å². The molecule has 1 nitrogen and oxygen atoms in total. The fourth-order valence-corrected chi connectivity index (χ4v) is 3.49. The summed E-state index contributed by atoms with van der Waals surface area (Å²) >= 11 is 4.56. The van der Waals surface area contributed by atoms with Crippen LogP contribution in [0.1, 0.15) is 15.2 Å². The second-order valence-corrected chi connectivity index (χ2v) is 6.57. The van der Waals surface area contributed by atoms with Gasteiger partial charge < -0.3 is 0 Å². The molecule has 3 rings (SSSR count). The summed E-state index contributed by atoms with van der Waals surface area (Å²) in [6.07, 6.45) is 0.105. The number of ketones is 1. The van der Waals surface area contributed by atoms with Crippen molar-refractivity contribution in [3.8, 4) is 0 Å². The van der Waals surface area contributed by atoms with Gasteiger partial charge in [-0.15, -0.1) is 11.3 Å². The van der Waals surface area contributed by atoms with E-state index in [2.05, 4.69) is 15.9 Å². The maximum Gasteiger partial charge on any atom is 0.177 e. The van der Waals surface area contributed by atoms with Crippen molar-refractivity contribution in [2.75, 3.05) is 0 Å². The van der Waals surface area contributed by atoms with Crippen molar-refractivity contribution in [3.63, 3.8) is 0 Å². The molecule has 2 aromatic carbocycles. The van der Waals surface area contributed by atoms with Crippen LogP contribution in [0.2, 0.25) is 0 Å². The third kappa shape index (κ3) is 3.04. The highest BCUT2D eigenvalue weighted by molar-refractivity contribution is 9.10. The van der Waals surface area contributed by atoms with E-state index >= 15 is 0 Å². The summed E-state index contributed by atoms with van der Waals surface area (Å²) in [5.74, 6) is -0.807. The van der Waals surface area contributed by atoms with E-state index in [1.54, 1.807) is 18.2 Å². The van der Waals surface area contributed by atoms with Crippen molar-refractivity contribution in [2.45, 2.75) is 6.42 Å². The highest BCUT2D eigenvalue weighted by atomic mass is 79.9. The van der Waals surface area contributed by atoms with Gasteiger partial charge in [-0.2, -0.15) is 0 Å². The second-order valence-electron chi connectivity index (χ2n) is 4.63. The molecular formula is C16H9BrF2OS. The Balaban J connectivity index is 1.91. The molecule has 0 aliphatic heterocycles. The Bertz CT molecular complexity index is 841. The van der Waals surface area contributed by atoms with Gasteiger partial charge in [-0.1, -0.05) is 22.0 Å². The van der Waals surface area contributed by atoms with Gasteiger partial charge in [-0.25, -0.2) is 8.78 Å². The third-order valence-corrected chi connectivity index (χ3v) is 5.03. The van der Waals surface area contributed by atoms with E-state index in [0.717, 1.165) is 10.1 Å². The summed E-state index contributed by atoms with van der Waals surface area (Å²) in [5.41, 5.74) is 0.601. The topological polar surface area (TPSA) is 17.1 Å². The predicted molar refractivity (Wildman–Crippen MR) is 83.9 cm³/mol. The number of hydrogen-bond acceptors (Lipinski definition) is 2. The SMILES string of the molecule is O=C(Cc1cc(F)ccc1Br)c1cc2ccc(F)cc2s1. The second kappa shape index (κ2) is 5.66. The molecule has 106 valence electrons. The number of fused-ring (bicyclic) bond motifs is 1. The van der Waals surface area contributed by atoms with Crippen molar-refractivity contribution >= 4 is 43.1 Å². The zero-order chi connectivity index (χ0) is 15.0. The van der Waals surface area contributed by atoms with Crippen LogP contribution in [0.5, 0.6) is 0 Å². The summed E-state index contributed by atoms with van der Waals surface area (Å²) in [5, 5.41) is 0.836. The molecule has 0 fully saturated rings. The summed E-state index contributed by atoms with van der Waals surface area (Å²) in [7, 11) is 0. The fourth-order valence-electron chi connectivity index (χ4n) is 2.08. The smallest absolute Gasteiger partial charge is 0.177 e. The van der Waals surface area contributed by atoms with Crippen LogP contribution in [0.25, 0.3) is 10.1 Å². The lowest BCUT2D eigenvalue weighted by Gasteiger charge is -2.02. The molecule has 0 saturated heterocycles. The Kier molecular flexibility index (Phi) is 3.87. The molecule has 0 aliphatic carbocycles. The van der Waals surface area contributed by atoms with Crippen LogP contribution in [-0.4, -0.2) is 5.78 Å². The van der Waals surface area contributed by atoms with Gasteiger partial charge in [0.2, 0.25) is 0 Å². The molecule has 3 aromatic rings. The molecule has 0 N–H and O–H groups in total. The molecule has 0 unspecified atom stereocenters. The van der Waals surface area contributed by atoms with E-state index in [4.69, 9.17) is 0 Å². The van der Waals surface area contributed by atoms with Crippen molar-refractivity contribution < 1.29 is 13.6 Å². The normalized spacial score (nSPS) is 11.0. The first-order valence-corrected chi connectivity index (χ1v) is 7.80. The number of Topliss-reactive ketones (excluding diaryl/α,β-unsaturated/α-hetero) is 1. The Hall–Kier alpha value is -1.59. The van der Waals surface area contributed by atoms with Crippen molar-refractivity contribution in [1.29, 1.82) is 0 Å². The molecule has 21 heavy (non-hydrogen) atoms. The maximum absolute atomic E-state index is 13.2. The van der Waals surface area contributed by atoms with E-state index < -0.39 is 0 Å². The molecule has 0 radical (unpaired) electrons. The summed E-state index contributed by atoms with van der Waals surface area (Å²) in [6, 6.07) is 10.4. The Morgan fingerprint density at radius 1 is 1.05 bits per heavy atom. The molecule has 0 bridgehead atoms. The first kappa shape index (κ1) is 14.4. The predicted octanol–water partition coefficient (Wildman–Crippen LogP) is 5.37. The zero-order valence-electron chi connectivity index (χ0n) is 10.7. The number of rotatable bonds is 3. The molecule has 5 heteroatoms. The van der Waals surface area contributed by atoms with Gasteiger partial charge in [0.05, 0.1) is 4.88 Å². The Labute approximate surface area is 132 Å². The van der Waals surface area contributed by atoms with Crippen LogP contribution in [0.3, 0.4) is 0 Å². The Morgan fingerprint density at radius 2 is 1.76 bits per heavy atom. The highest BCUT2D eigenvalue weighted by Crippen LogP contribution is 2.28. The zero-order valence-corrected chi connectivity index (χ0v) is 13.1. The van der Waals surface area contributed by atoms with Crippen LogP contribution >= 0.6 is 27.3 Å². The Morgan fingerprint density at radius 3 is 2.57 bits per heavy atom. The van der Waals surface area contributed by atoms with Crippen LogP contribution in [-0.2, 0) is 6.42 Å². The average molecular weight is 367 g/mol. The first-order chi connectivity index (χ1) is 10.0. The third-order valence-electron chi connectivity index (χ3n) is 3.12. The van der Waals surface area contributed by atoms with E-state index in [9.17, 15) is 13.6 Å². The van der Waals surface area contributed by atoms with E-state index in [0.29, 0.717) is 14.9 Å². The standard InChI is InChI=1S/C16H9BrF2OS/c17-13-4-3-11(18)5-10(13)6-14(20)16-7-9-1-2-12(19)8-15(9)21-16/h1-5,7-8H,6H2. The summed E-state index contributed by atoms with van der Waals surface area (Å²) in [4.78, 5) is 12.9.